The van der Waals surface area contributed by atoms with E-state index >= 15 is 0 Å². The zero-order chi connectivity index (χ0) is 15.2. The molecule has 20 heavy (non-hydrogen) atoms. The topological polar surface area (TPSA) is 99.2 Å². The van der Waals surface area contributed by atoms with Gasteiger partial charge in [-0.05, 0) is 25.7 Å². The molecule has 1 aliphatic rings. The number of hydrogen-bond donors (Lipinski definition) is 3. The molecule has 1 rings (SSSR count). The van der Waals surface area contributed by atoms with Gasteiger partial charge in [0.1, 0.15) is 5.41 Å². The number of nitrogens with two attached hydrogens (primary N) is 1. The van der Waals surface area contributed by atoms with Gasteiger partial charge in [0.05, 0.1) is 6.61 Å². The molecule has 1 aliphatic carbocycles. The molecule has 0 aliphatic heterocycles. The molecule has 4 N–H and O–H groups in total. The monoisotopic (exact) mass is 285 g/mol. The summed E-state index contributed by atoms with van der Waals surface area (Å²) in [6.45, 7) is 3.97. The number of carbonyl (C=O) groups excluding carboxylic acids is 1. The number of hydrogen-bond acceptors (Lipinski definition) is 4. The number of aliphatic hydroxyl groups is 1. The molecule has 1 amide bonds. The van der Waals surface area contributed by atoms with E-state index in [1.54, 1.807) is 4.90 Å². The molecule has 0 aromatic rings. The van der Waals surface area contributed by atoms with E-state index in [0.717, 1.165) is 25.7 Å². The summed E-state index contributed by atoms with van der Waals surface area (Å²) >= 11 is 0. The number of oxime groups is 1. The van der Waals surface area contributed by atoms with Crippen molar-refractivity contribution in [2.24, 2.45) is 16.3 Å². The van der Waals surface area contributed by atoms with Gasteiger partial charge in [-0.2, -0.15) is 0 Å². The van der Waals surface area contributed by atoms with Crippen molar-refractivity contribution in [3.05, 3.63) is 0 Å². The molecule has 0 radical (unpaired) electrons. The smallest absolute Gasteiger partial charge is 0.236 e. The van der Waals surface area contributed by atoms with Gasteiger partial charge in [0.2, 0.25) is 5.91 Å². The van der Waals surface area contributed by atoms with E-state index in [4.69, 9.17) is 10.9 Å². The Bertz CT molecular complexity index is 348. The Hall–Kier alpha value is -1.30. The maximum absolute atomic E-state index is 12.9. The lowest BCUT2D eigenvalue weighted by molar-refractivity contribution is -0.141. The summed E-state index contributed by atoms with van der Waals surface area (Å²) in [6, 6.07) is 0.165. The summed E-state index contributed by atoms with van der Waals surface area (Å²) in [7, 11) is 0. The van der Waals surface area contributed by atoms with Crippen LogP contribution < -0.4 is 5.73 Å². The zero-order valence-corrected chi connectivity index (χ0v) is 12.5. The maximum Gasteiger partial charge on any atom is 0.236 e. The maximum atomic E-state index is 12.9. The highest BCUT2D eigenvalue weighted by Gasteiger charge is 2.44. The molecule has 0 aromatic heterocycles. The molecule has 0 atom stereocenters. The highest BCUT2D eigenvalue weighted by molar-refractivity contribution is 6.06. The van der Waals surface area contributed by atoms with Gasteiger partial charge in [0, 0.05) is 12.6 Å². The standard InChI is InChI=1S/C14H27N3O3/c1-3-14(4-2,12(15)16-20)13(19)17(9-10-18)11-7-5-6-8-11/h11,18,20H,3-10H2,1-2H3,(H2,15,16). The second-order valence-corrected chi connectivity index (χ2v) is 5.43. The van der Waals surface area contributed by atoms with Crippen molar-refractivity contribution in [1.29, 1.82) is 0 Å². The molecule has 1 saturated carbocycles. The third-order valence-corrected chi connectivity index (χ3v) is 4.58. The van der Waals surface area contributed by atoms with Crippen molar-refractivity contribution >= 4 is 11.7 Å². The number of aliphatic hydroxyl groups excluding tert-OH is 1. The molecule has 1 fully saturated rings. The number of nitrogens with zero attached hydrogens (tertiary/aromatic N) is 2. The molecular weight excluding hydrogens is 258 g/mol. The van der Waals surface area contributed by atoms with Crippen LogP contribution in [0.3, 0.4) is 0 Å². The van der Waals surface area contributed by atoms with E-state index in [1.165, 1.54) is 0 Å². The number of carbonyl (C=O) groups is 1. The number of amidine groups is 1. The van der Waals surface area contributed by atoms with E-state index in [0.29, 0.717) is 19.4 Å². The molecule has 0 bridgehead atoms. The first-order valence-corrected chi connectivity index (χ1v) is 7.47. The average molecular weight is 285 g/mol. The van der Waals surface area contributed by atoms with Crippen LogP contribution in [0.4, 0.5) is 0 Å². The molecule has 6 heteroatoms. The van der Waals surface area contributed by atoms with Crippen LogP contribution in [0, 0.1) is 5.41 Å². The van der Waals surface area contributed by atoms with Gasteiger partial charge < -0.3 is 20.9 Å². The average Bonchev–Trinajstić information content (AvgIpc) is 2.99. The number of amides is 1. The summed E-state index contributed by atoms with van der Waals surface area (Å²) in [5.74, 6) is -0.160. The van der Waals surface area contributed by atoms with Gasteiger partial charge in [0.15, 0.2) is 5.84 Å². The van der Waals surface area contributed by atoms with Crippen molar-refractivity contribution in [2.75, 3.05) is 13.2 Å². The summed E-state index contributed by atoms with van der Waals surface area (Å²) in [5, 5.41) is 21.3. The minimum absolute atomic E-state index is 0.0339. The molecule has 0 aromatic carbocycles. The van der Waals surface area contributed by atoms with Crippen LogP contribution in [0.2, 0.25) is 0 Å². The van der Waals surface area contributed by atoms with Crippen LogP contribution in [0.25, 0.3) is 0 Å². The van der Waals surface area contributed by atoms with E-state index < -0.39 is 5.41 Å². The normalized spacial score (nSPS) is 17.4. The molecule has 0 unspecified atom stereocenters. The molecule has 6 nitrogen and oxygen atoms in total. The minimum Gasteiger partial charge on any atom is -0.409 e. The fourth-order valence-electron chi connectivity index (χ4n) is 3.17. The summed E-state index contributed by atoms with van der Waals surface area (Å²) < 4.78 is 0. The van der Waals surface area contributed by atoms with Gasteiger partial charge in [-0.25, -0.2) is 0 Å². The van der Waals surface area contributed by atoms with Crippen molar-refractivity contribution in [1.82, 2.24) is 4.90 Å². The number of rotatable bonds is 7. The van der Waals surface area contributed by atoms with Crippen molar-refractivity contribution in [3.8, 4) is 0 Å². The predicted octanol–water partition coefficient (Wildman–Crippen LogP) is 1.30. The van der Waals surface area contributed by atoms with Crippen LogP contribution in [-0.4, -0.2) is 46.1 Å². The minimum atomic E-state index is -0.966. The fraction of sp³-hybridized carbons (Fsp3) is 0.857. The van der Waals surface area contributed by atoms with Crippen LogP contribution in [-0.2, 0) is 4.79 Å². The van der Waals surface area contributed by atoms with Gasteiger partial charge in [-0.1, -0.05) is 31.8 Å². The summed E-state index contributed by atoms with van der Waals surface area (Å²) in [6.07, 6.45) is 5.10. The second kappa shape index (κ2) is 7.47. The van der Waals surface area contributed by atoms with E-state index in [-0.39, 0.29) is 24.4 Å². The zero-order valence-electron chi connectivity index (χ0n) is 12.5. The summed E-state index contributed by atoms with van der Waals surface area (Å²) in [5.41, 5.74) is 4.83. The van der Waals surface area contributed by atoms with Crippen LogP contribution in [0.15, 0.2) is 5.16 Å². The Kier molecular flexibility index (Phi) is 6.26. The predicted molar refractivity (Wildman–Crippen MR) is 77.5 cm³/mol. The Morgan fingerprint density at radius 1 is 1.35 bits per heavy atom. The van der Waals surface area contributed by atoms with Crippen molar-refractivity contribution in [3.63, 3.8) is 0 Å². The van der Waals surface area contributed by atoms with E-state index in [2.05, 4.69) is 5.16 Å². The Labute approximate surface area is 120 Å². The van der Waals surface area contributed by atoms with E-state index in [9.17, 15) is 9.90 Å². The second-order valence-electron chi connectivity index (χ2n) is 5.43. The Morgan fingerprint density at radius 3 is 2.30 bits per heavy atom. The molecule has 116 valence electrons. The molecular formula is C14H27N3O3. The highest BCUT2D eigenvalue weighted by Crippen LogP contribution is 2.33. The Morgan fingerprint density at radius 2 is 1.90 bits per heavy atom. The van der Waals surface area contributed by atoms with Crippen molar-refractivity contribution < 1.29 is 15.1 Å². The summed E-state index contributed by atoms with van der Waals surface area (Å²) in [4.78, 5) is 14.7. The van der Waals surface area contributed by atoms with Gasteiger partial charge in [0.25, 0.3) is 0 Å². The molecule has 0 heterocycles. The first-order valence-electron chi connectivity index (χ1n) is 7.47. The first-order chi connectivity index (χ1) is 9.57. The molecule has 0 saturated heterocycles. The highest BCUT2D eigenvalue weighted by atomic mass is 16.4. The van der Waals surface area contributed by atoms with Gasteiger partial charge in [-0.15, -0.1) is 0 Å². The largest absolute Gasteiger partial charge is 0.409 e. The third-order valence-electron chi connectivity index (χ3n) is 4.58. The Balaban J connectivity index is 3.06. The van der Waals surface area contributed by atoms with Crippen LogP contribution in [0.5, 0.6) is 0 Å². The van der Waals surface area contributed by atoms with Gasteiger partial charge in [-0.3, -0.25) is 4.79 Å². The fourth-order valence-corrected chi connectivity index (χ4v) is 3.17. The van der Waals surface area contributed by atoms with Crippen molar-refractivity contribution in [2.45, 2.75) is 58.4 Å². The van der Waals surface area contributed by atoms with Gasteiger partial charge >= 0.3 is 0 Å². The lowest BCUT2D eigenvalue weighted by Crippen LogP contribution is -2.54. The van der Waals surface area contributed by atoms with E-state index in [1.807, 2.05) is 13.8 Å². The third kappa shape index (κ3) is 3.06. The molecule has 0 spiro atoms. The van der Waals surface area contributed by atoms with Crippen LogP contribution >= 0.6 is 0 Å². The van der Waals surface area contributed by atoms with Crippen LogP contribution in [0.1, 0.15) is 52.4 Å². The quantitative estimate of drug-likeness (QED) is 0.284. The SMILES string of the molecule is CCC(CC)(C(=O)N(CCO)C1CCCC1)C(N)=NO. The lowest BCUT2D eigenvalue weighted by atomic mass is 9.79. The first kappa shape index (κ1) is 16.8. The lowest BCUT2D eigenvalue weighted by Gasteiger charge is -2.38.